The third kappa shape index (κ3) is 1.97. The van der Waals surface area contributed by atoms with E-state index < -0.39 is 0 Å². The van der Waals surface area contributed by atoms with Crippen molar-refractivity contribution in [3.8, 4) is 17.2 Å². The Morgan fingerprint density at radius 1 is 1.09 bits per heavy atom. The fourth-order valence-corrected chi connectivity index (χ4v) is 0.805. The Labute approximate surface area is 71.1 Å². The molecule has 0 aliphatic heterocycles. The van der Waals surface area contributed by atoms with Gasteiger partial charge in [0, 0.05) is 5.56 Å². The lowest BCUT2D eigenvalue weighted by molar-refractivity contribution is 1.48. The molecule has 52 valence electrons. The van der Waals surface area contributed by atoms with Crippen LogP contribution in [0.5, 0.6) is 0 Å². The zero-order valence-corrected chi connectivity index (χ0v) is 6.48. The third-order valence-corrected chi connectivity index (χ3v) is 1.31. The van der Waals surface area contributed by atoms with E-state index in [2.05, 4.69) is 23.8 Å². The summed E-state index contributed by atoms with van der Waals surface area (Å²) in [6, 6.07) is 9.01. The van der Waals surface area contributed by atoms with E-state index in [0.29, 0.717) is 5.56 Å². The van der Waals surface area contributed by atoms with Crippen LogP contribution in [0.2, 0.25) is 0 Å². The van der Waals surface area contributed by atoms with Crippen LogP contribution in [0.25, 0.3) is 0 Å². The second-order valence-electron chi connectivity index (χ2n) is 1.92. The molecule has 0 unspecified atom stereocenters. The molecule has 0 N–H and O–H groups in total. The first-order valence-corrected chi connectivity index (χ1v) is 3.41. The monoisotopic (exact) mass is 158 g/mol. The number of rotatable bonds is 0. The fraction of sp³-hybridized carbons (Fsp3) is 0. The predicted molar refractivity (Wildman–Crippen MR) is 45.4 cm³/mol. The van der Waals surface area contributed by atoms with Crippen LogP contribution >= 0.6 is 0 Å². The van der Waals surface area contributed by atoms with Crippen LogP contribution in [0.15, 0.2) is 24.3 Å². The van der Waals surface area contributed by atoms with Crippen molar-refractivity contribution in [3.63, 3.8) is 0 Å². The molecule has 2 heteroatoms. The highest BCUT2D eigenvalue weighted by molar-refractivity contribution is 7.64. The molecule has 0 saturated heterocycles. The Bertz CT molecular complexity index is 335. The molecular weight excluding hydrogens is 154 g/mol. The molecule has 0 radical (unpaired) electrons. The van der Waals surface area contributed by atoms with Crippen molar-refractivity contribution in [1.29, 1.82) is 5.26 Å². The van der Waals surface area contributed by atoms with Crippen molar-refractivity contribution in [2.45, 2.75) is 0 Å². The van der Waals surface area contributed by atoms with Gasteiger partial charge in [-0.1, -0.05) is 5.92 Å². The lowest BCUT2D eigenvalue weighted by Gasteiger charge is -1.90. The molecule has 0 aliphatic rings. The van der Waals surface area contributed by atoms with Gasteiger partial charge >= 0.3 is 0 Å². The summed E-state index contributed by atoms with van der Waals surface area (Å²) in [6.45, 7) is 0. The molecule has 0 aliphatic carbocycles. The largest absolute Gasteiger partial charge is 0.724 e. The van der Waals surface area contributed by atoms with Crippen molar-refractivity contribution >= 4 is 12.6 Å². The highest BCUT2D eigenvalue weighted by atomic mass is 32.1. The van der Waals surface area contributed by atoms with E-state index in [1.807, 2.05) is 6.07 Å². The summed E-state index contributed by atoms with van der Waals surface area (Å²) in [5, 5.41) is 10.8. The molecule has 1 rings (SSSR count). The molecule has 1 aromatic carbocycles. The first-order valence-electron chi connectivity index (χ1n) is 3.00. The van der Waals surface area contributed by atoms with E-state index in [0.717, 1.165) is 5.56 Å². The zero-order valence-electron chi connectivity index (χ0n) is 5.66. The molecule has 1 aromatic rings. The SMILES string of the molecule is N#Cc1ccc(C#C[S-])cc1. The van der Waals surface area contributed by atoms with Gasteiger partial charge in [-0.2, -0.15) is 5.26 Å². The molecule has 11 heavy (non-hydrogen) atoms. The Kier molecular flexibility index (Phi) is 2.49. The Hall–Kier alpha value is -1.51. The molecular formula is C9H4NS-. The number of hydrogen-bond donors (Lipinski definition) is 0. The molecule has 1 nitrogen and oxygen atoms in total. The summed E-state index contributed by atoms with van der Waals surface area (Å²) < 4.78 is 0. The number of nitriles is 1. The minimum atomic E-state index is 0.639. The van der Waals surface area contributed by atoms with E-state index in [1.165, 1.54) is 0 Å². The average molecular weight is 158 g/mol. The second kappa shape index (κ2) is 3.61. The van der Waals surface area contributed by atoms with Gasteiger partial charge in [0.05, 0.1) is 11.6 Å². The van der Waals surface area contributed by atoms with Gasteiger partial charge in [-0.3, -0.25) is 0 Å². The summed E-state index contributed by atoms with van der Waals surface area (Å²) >= 11 is 4.47. The highest BCUT2D eigenvalue weighted by Crippen LogP contribution is 2.00. The normalized spacial score (nSPS) is 7.55. The van der Waals surface area contributed by atoms with E-state index in [4.69, 9.17) is 5.26 Å². The van der Waals surface area contributed by atoms with Crippen LogP contribution in [0, 0.1) is 22.5 Å². The molecule has 0 heterocycles. The molecule has 0 atom stereocenters. The molecule has 0 spiro atoms. The molecule has 0 bridgehead atoms. The first-order chi connectivity index (χ1) is 5.36. The topological polar surface area (TPSA) is 23.8 Å². The van der Waals surface area contributed by atoms with Crippen LogP contribution in [-0.4, -0.2) is 0 Å². The summed E-state index contributed by atoms with van der Waals surface area (Å²) in [7, 11) is 0. The van der Waals surface area contributed by atoms with Crippen molar-refractivity contribution in [2.24, 2.45) is 0 Å². The van der Waals surface area contributed by atoms with Gasteiger partial charge in [-0.05, 0) is 24.3 Å². The Morgan fingerprint density at radius 3 is 2.09 bits per heavy atom. The van der Waals surface area contributed by atoms with Gasteiger partial charge in [0.25, 0.3) is 0 Å². The Balaban J connectivity index is 3.00. The number of nitrogens with zero attached hydrogens (tertiary/aromatic N) is 1. The van der Waals surface area contributed by atoms with Gasteiger partial charge in [0.1, 0.15) is 0 Å². The standard InChI is InChI=1S/C9H5NS/c10-7-9-3-1-8(2-4-9)5-6-11/h1-4,11H/p-1. The maximum Gasteiger partial charge on any atom is 0.0991 e. The average Bonchev–Trinajstić information content (AvgIpc) is 2.07. The number of benzene rings is 1. The fourth-order valence-electron chi connectivity index (χ4n) is 0.687. The van der Waals surface area contributed by atoms with Gasteiger partial charge in [0.15, 0.2) is 0 Å². The lowest BCUT2D eigenvalue weighted by Crippen LogP contribution is -1.75. The van der Waals surface area contributed by atoms with E-state index in [1.54, 1.807) is 24.3 Å². The van der Waals surface area contributed by atoms with Gasteiger partial charge < -0.3 is 12.6 Å². The van der Waals surface area contributed by atoms with Crippen LogP contribution < -0.4 is 0 Å². The highest BCUT2D eigenvalue weighted by Gasteiger charge is 1.87. The quantitative estimate of drug-likeness (QED) is 0.421. The van der Waals surface area contributed by atoms with Crippen LogP contribution in [0.4, 0.5) is 0 Å². The smallest absolute Gasteiger partial charge is 0.0991 e. The predicted octanol–water partition coefficient (Wildman–Crippen LogP) is 1.41. The van der Waals surface area contributed by atoms with Gasteiger partial charge in [0.2, 0.25) is 0 Å². The molecule has 0 fully saturated rings. The summed E-state index contributed by atoms with van der Waals surface area (Å²) in [5.74, 6) is 2.71. The minimum Gasteiger partial charge on any atom is -0.724 e. The zero-order chi connectivity index (χ0) is 8.10. The molecule has 0 amide bonds. The van der Waals surface area contributed by atoms with Crippen molar-refractivity contribution in [2.75, 3.05) is 0 Å². The summed E-state index contributed by atoms with van der Waals surface area (Å²) in [6.07, 6.45) is 0. The Morgan fingerprint density at radius 2 is 1.64 bits per heavy atom. The van der Waals surface area contributed by atoms with Crippen molar-refractivity contribution in [3.05, 3.63) is 35.4 Å². The van der Waals surface area contributed by atoms with E-state index >= 15 is 0 Å². The molecule has 0 aromatic heterocycles. The maximum absolute atomic E-state index is 8.45. The molecule has 0 saturated carbocycles. The van der Waals surface area contributed by atoms with Gasteiger partial charge in [-0.15, -0.1) is 0 Å². The van der Waals surface area contributed by atoms with Crippen molar-refractivity contribution < 1.29 is 0 Å². The van der Waals surface area contributed by atoms with E-state index in [9.17, 15) is 0 Å². The summed E-state index contributed by atoms with van der Waals surface area (Å²) in [4.78, 5) is 0. The van der Waals surface area contributed by atoms with E-state index in [-0.39, 0.29) is 0 Å². The minimum absolute atomic E-state index is 0.639. The third-order valence-electron chi connectivity index (χ3n) is 1.21. The lowest BCUT2D eigenvalue weighted by atomic mass is 10.2. The second-order valence-corrected chi connectivity index (χ2v) is 2.12. The first kappa shape index (κ1) is 7.60. The van der Waals surface area contributed by atoms with Crippen LogP contribution in [-0.2, 0) is 12.6 Å². The van der Waals surface area contributed by atoms with Crippen LogP contribution in [0.3, 0.4) is 0 Å². The number of hydrogen-bond acceptors (Lipinski definition) is 2. The maximum atomic E-state index is 8.45. The van der Waals surface area contributed by atoms with Crippen LogP contribution in [0.1, 0.15) is 11.1 Å². The van der Waals surface area contributed by atoms with Gasteiger partial charge in [-0.25, -0.2) is 5.25 Å². The summed E-state index contributed by atoms with van der Waals surface area (Å²) in [5.41, 5.74) is 1.49. The van der Waals surface area contributed by atoms with Crippen molar-refractivity contribution in [1.82, 2.24) is 0 Å².